The molecule has 0 amide bonds. The van der Waals surface area contributed by atoms with E-state index in [1.54, 1.807) is 0 Å². The molecule has 0 spiro atoms. The number of nitrogens with zero attached hydrogens (tertiary/aromatic N) is 2. The Morgan fingerprint density at radius 2 is 0.551 bits per heavy atom. The van der Waals surface area contributed by atoms with Crippen molar-refractivity contribution in [1.82, 2.24) is 0 Å². The lowest BCUT2D eigenvalue weighted by atomic mass is 10.0. The van der Waals surface area contributed by atoms with Gasteiger partial charge in [0.15, 0.2) is 0 Å². The van der Waals surface area contributed by atoms with Gasteiger partial charge < -0.3 is 27.5 Å². The standard InChI is InChI=1S/C72H54N2O4/c1-45(2)47-17-29-55(30-18-47)73(57-33-21-49(22-34-57)67-41-53-11-5-9-15-65(53)75-67)59-37-25-51(26-38-59)69-43-63-64-44-70(78-72(64)62-14-8-7-13-61(62)71(63)77-69)52-27-39-60(40-28-52)74(56-31-19-48(20-32-56)46(3)4)58-35-23-50(24-36-58)68-42-54-12-6-10-16-66(54)76-68/h5-46H,1-4H3. The van der Waals surface area contributed by atoms with Crippen LogP contribution in [0.15, 0.2) is 260 Å². The average Bonchev–Trinajstić information content (AvgIpc) is 4.48. The Hall–Kier alpha value is -9.78. The van der Waals surface area contributed by atoms with Crippen LogP contribution in [0.4, 0.5) is 34.1 Å². The van der Waals surface area contributed by atoms with Gasteiger partial charge in [-0.3, -0.25) is 0 Å². The maximum Gasteiger partial charge on any atom is 0.143 e. The normalized spacial score (nSPS) is 11.8. The van der Waals surface area contributed by atoms with Crippen molar-refractivity contribution in [3.05, 3.63) is 254 Å². The van der Waals surface area contributed by atoms with Gasteiger partial charge in [0.05, 0.1) is 0 Å². The van der Waals surface area contributed by atoms with Gasteiger partial charge in [-0.1, -0.05) is 113 Å². The summed E-state index contributed by atoms with van der Waals surface area (Å²) in [6.07, 6.45) is 0. The number of fused-ring (bicyclic) bond motifs is 8. The predicted octanol–water partition coefficient (Wildman–Crippen LogP) is 21.7. The molecule has 0 fully saturated rings. The maximum atomic E-state index is 6.89. The van der Waals surface area contributed by atoms with Crippen molar-refractivity contribution in [2.24, 2.45) is 0 Å². The first-order chi connectivity index (χ1) is 38.3. The fraction of sp³-hybridized carbons (Fsp3) is 0.0833. The number of para-hydroxylation sites is 2. The molecule has 0 saturated carbocycles. The number of hydrogen-bond acceptors (Lipinski definition) is 6. The molecule has 376 valence electrons. The molecule has 6 heteroatoms. The Balaban J connectivity index is 0.793. The quantitative estimate of drug-likeness (QED) is 0.122. The van der Waals surface area contributed by atoms with Crippen LogP contribution < -0.4 is 9.80 Å². The molecule has 0 aliphatic heterocycles. The molecule has 0 N–H and O–H groups in total. The molecule has 0 bridgehead atoms. The van der Waals surface area contributed by atoms with Crippen molar-refractivity contribution in [1.29, 1.82) is 0 Å². The summed E-state index contributed by atoms with van der Waals surface area (Å²) in [6, 6.07) is 85.5. The summed E-state index contributed by atoms with van der Waals surface area (Å²) in [4.78, 5) is 4.60. The SMILES string of the molecule is CC(C)c1ccc(N(c2ccc(-c3cc4ccccc4o3)cc2)c2ccc(-c3cc4c5cc(-c6ccc(N(c7ccc(-c8cc9ccccc9o8)cc7)c7ccc(C(C)C)cc7)cc6)oc5c5ccccc5c4o3)cc2)cc1. The number of furan rings is 4. The van der Waals surface area contributed by atoms with Crippen molar-refractivity contribution in [2.75, 3.05) is 9.80 Å². The van der Waals surface area contributed by atoms with Gasteiger partial charge in [-0.2, -0.15) is 0 Å². The van der Waals surface area contributed by atoms with Gasteiger partial charge in [0.1, 0.15) is 45.4 Å². The second-order valence-corrected chi connectivity index (χ2v) is 20.9. The fourth-order valence-electron chi connectivity index (χ4n) is 11.0. The summed E-state index contributed by atoms with van der Waals surface area (Å²) in [6.45, 7) is 8.91. The van der Waals surface area contributed by atoms with Gasteiger partial charge in [0.2, 0.25) is 0 Å². The fourth-order valence-corrected chi connectivity index (χ4v) is 11.0. The number of rotatable bonds is 12. The molecule has 0 radical (unpaired) electrons. The van der Waals surface area contributed by atoms with Crippen LogP contribution in [0, 0.1) is 0 Å². The molecule has 6 nitrogen and oxygen atoms in total. The Morgan fingerprint density at radius 3 is 0.859 bits per heavy atom. The molecule has 4 heterocycles. The van der Waals surface area contributed by atoms with Gasteiger partial charge in [-0.15, -0.1) is 0 Å². The Labute approximate surface area is 452 Å². The minimum Gasteiger partial charge on any atom is -0.456 e. The Morgan fingerprint density at radius 1 is 0.269 bits per heavy atom. The average molecular weight is 1010 g/mol. The maximum absolute atomic E-state index is 6.89. The summed E-state index contributed by atoms with van der Waals surface area (Å²) >= 11 is 0. The second kappa shape index (κ2) is 19.1. The van der Waals surface area contributed by atoms with Crippen LogP contribution in [-0.4, -0.2) is 0 Å². The lowest BCUT2D eigenvalue weighted by Gasteiger charge is -2.26. The van der Waals surface area contributed by atoms with Gasteiger partial charge >= 0.3 is 0 Å². The van der Waals surface area contributed by atoms with E-state index in [-0.39, 0.29) is 0 Å². The van der Waals surface area contributed by atoms with E-state index in [2.05, 4.69) is 244 Å². The van der Waals surface area contributed by atoms with E-state index in [9.17, 15) is 0 Å². The molecule has 10 aromatic carbocycles. The summed E-state index contributed by atoms with van der Waals surface area (Å²) in [7, 11) is 0. The topological polar surface area (TPSA) is 59.0 Å². The molecule has 0 aliphatic rings. The van der Waals surface area contributed by atoms with Crippen LogP contribution in [0.3, 0.4) is 0 Å². The lowest BCUT2D eigenvalue weighted by molar-refractivity contribution is 0.631. The van der Waals surface area contributed by atoms with Crippen LogP contribution in [0.1, 0.15) is 50.7 Å². The van der Waals surface area contributed by atoms with Gasteiger partial charge in [0.25, 0.3) is 0 Å². The third-order valence-corrected chi connectivity index (χ3v) is 15.3. The highest BCUT2D eigenvalue weighted by molar-refractivity contribution is 6.23. The van der Waals surface area contributed by atoms with E-state index in [1.165, 1.54) is 11.1 Å². The summed E-state index contributed by atoms with van der Waals surface area (Å²) in [5.41, 5.74) is 16.4. The molecule has 0 aliphatic carbocycles. The van der Waals surface area contributed by atoms with Crippen LogP contribution in [0.25, 0.3) is 99.9 Å². The first-order valence-electron chi connectivity index (χ1n) is 26.8. The highest BCUT2D eigenvalue weighted by atomic mass is 16.3. The molecular formula is C72H54N2O4. The van der Waals surface area contributed by atoms with E-state index in [4.69, 9.17) is 17.7 Å². The monoisotopic (exact) mass is 1010 g/mol. The van der Waals surface area contributed by atoms with E-state index in [1.807, 2.05) is 36.4 Å². The Kier molecular flexibility index (Phi) is 11.4. The molecule has 14 aromatic rings. The van der Waals surface area contributed by atoms with Crippen molar-refractivity contribution in [3.8, 4) is 45.3 Å². The highest BCUT2D eigenvalue weighted by Crippen LogP contribution is 2.45. The zero-order chi connectivity index (χ0) is 52.4. The third kappa shape index (κ3) is 8.39. The van der Waals surface area contributed by atoms with Crippen molar-refractivity contribution in [3.63, 3.8) is 0 Å². The zero-order valence-electron chi connectivity index (χ0n) is 43.8. The molecule has 78 heavy (non-hydrogen) atoms. The molecule has 0 saturated heterocycles. The Bertz CT molecular complexity index is 4100. The van der Waals surface area contributed by atoms with Crippen molar-refractivity contribution in [2.45, 2.75) is 39.5 Å². The third-order valence-electron chi connectivity index (χ3n) is 15.3. The van der Waals surface area contributed by atoms with Crippen LogP contribution in [0.5, 0.6) is 0 Å². The number of anilines is 6. The lowest BCUT2D eigenvalue weighted by Crippen LogP contribution is -2.10. The van der Waals surface area contributed by atoms with Gasteiger partial charge in [-0.25, -0.2) is 0 Å². The van der Waals surface area contributed by atoms with Crippen molar-refractivity contribution >= 4 is 88.8 Å². The predicted molar refractivity (Wildman–Crippen MR) is 322 cm³/mol. The summed E-state index contributed by atoms with van der Waals surface area (Å²) < 4.78 is 26.3. The first-order valence-corrected chi connectivity index (χ1v) is 26.8. The molecule has 0 atom stereocenters. The van der Waals surface area contributed by atoms with Gasteiger partial charge in [-0.05, 0) is 181 Å². The largest absolute Gasteiger partial charge is 0.456 e. The van der Waals surface area contributed by atoms with Crippen LogP contribution in [-0.2, 0) is 0 Å². The van der Waals surface area contributed by atoms with E-state index in [0.29, 0.717) is 11.8 Å². The summed E-state index contributed by atoms with van der Waals surface area (Å²) in [5.74, 6) is 4.13. The van der Waals surface area contributed by atoms with E-state index >= 15 is 0 Å². The minimum absolute atomic E-state index is 0.430. The highest BCUT2D eigenvalue weighted by Gasteiger charge is 2.22. The van der Waals surface area contributed by atoms with Crippen LogP contribution >= 0.6 is 0 Å². The molecular weight excluding hydrogens is 957 g/mol. The smallest absolute Gasteiger partial charge is 0.143 e. The zero-order valence-corrected chi connectivity index (χ0v) is 43.8. The van der Waals surface area contributed by atoms with Gasteiger partial charge in [0, 0.05) is 88.7 Å². The second-order valence-electron chi connectivity index (χ2n) is 20.9. The molecule has 14 rings (SSSR count). The van der Waals surface area contributed by atoms with Crippen molar-refractivity contribution < 1.29 is 17.7 Å². The minimum atomic E-state index is 0.430. The number of benzene rings is 10. The number of hydrogen-bond donors (Lipinski definition) is 0. The molecule has 0 unspecified atom stereocenters. The molecule has 4 aromatic heterocycles. The van der Waals surface area contributed by atoms with E-state index < -0.39 is 0 Å². The van der Waals surface area contributed by atoms with E-state index in [0.717, 1.165) is 134 Å². The van der Waals surface area contributed by atoms with Crippen LogP contribution in [0.2, 0.25) is 0 Å². The first kappa shape index (κ1) is 46.7. The summed E-state index contributed by atoms with van der Waals surface area (Å²) in [5, 5.41) is 6.21.